The summed E-state index contributed by atoms with van der Waals surface area (Å²) in [5.74, 6) is 0.0941. The molecule has 0 aliphatic heterocycles. The summed E-state index contributed by atoms with van der Waals surface area (Å²) in [5.41, 5.74) is 1.62. The number of benzene rings is 1. The van der Waals surface area contributed by atoms with Crippen LogP contribution in [-0.2, 0) is 18.4 Å². The quantitative estimate of drug-likeness (QED) is 0.566. The number of nitrogens with zero attached hydrogens (tertiary/aromatic N) is 3. The molecule has 1 heterocycles. The summed E-state index contributed by atoms with van der Waals surface area (Å²) in [7, 11) is 1.98. The summed E-state index contributed by atoms with van der Waals surface area (Å²) in [6.07, 6.45) is 3.93. The van der Waals surface area contributed by atoms with Gasteiger partial charge in [-0.1, -0.05) is 38.8 Å². The van der Waals surface area contributed by atoms with Gasteiger partial charge in [0.2, 0.25) is 5.91 Å². The monoisotopic (exact) mass is 417 g/mol. The zero-order valence-corrected chi connectivity index (χ0v) is 18.7. The maximum Gasteiger partial charge on any atom is 0.254 e. The van der Waals surface area contributed by atoms with Crippen LogP contribution in [0.4, 0.5) is 0 Å². The fraction of sp³-hybridized carbons (Fsp3) is 0.478. The second-order valence-corrected chi connectivity index (χ2v) is 8.30. The number of rotatable bonds is 10. The van der Waals surface area contributed by atoms with Gasteiger partial charge in [0.1, 0.15) is 6.54 Å². The first-order valence-corrected chi connectivity index (χ1v) is 10.6. The van der Waals surface area contributed by atoms with Crippen LogP contribution >= 0.6 is 11.6 Å². The molecule has 0 atom stereocenters. The first kappa shape index (κ1) is 23.0. The van der Waals surface area contributed by atoms with Gasteiger partial charge in [-0.25, -0.2) is 0 Å². The van der Waals surface area contributed by atoms with E-state index in [9.17, 15) is 9.59 Å². The zero-order chi connectivity index (χ0) is 21.4. The number of unbranched alkanes of at least 4 members (excludes halogenated alkanes) is 1. The highest BCUT2D eigenvalue weighted by Crippen LogP contribution is 2.14. The van der Waals surface area contributed by atoms with Gasteiger partial charge in [0.25, 0.3) is 5.91 Å². The molecule has 5 nitrogen and oxygen atoms in total. The minimum absolute atomic E-state index is 0.0254. The van der Waals surface area contributed by atoms with Crippen LogP contribution in [0, 0.1) is 5.92 Å². The standard InChI is InChI=1S/C23H32ClN3O2/c1-5-6-14-26(16-21-8-7-13-25(21)4)22(28)17-27(15-18(2)3)23(29)19-9-11-20(24)12-10-19/h7-13,18H,5-6,14-17H2,1-4H3. The van der Waals surface area contributed by atoms with Gasteiger partial charge in [0, 0.05) is 42.6 Å². The Bertz CT molecular complexity index is 799. The van der Waals surface area contributed by atoms with Crippen molar-refractivity contribution < 1.29 is 9.59 Å². The largest absolute Gasteiger partial charge is 0.353 e. The average molecular weight is 418 g/mol. The molecule has 2 amide bonds. The molecule has 1 aromatic heterocycles. The predicted molar refractivity (Wildman–Crippen MR) is 118 cm³/mol. The third-order valence-corrected chi connectivity index (χ3v) is 5.08. The molecule has 0 fully saturated rings. The van der Waals surface area contributed by atoms with E-state index < -0.39 is 0 Å². The van der Waals surface area contributed by atoms with E-state index in [1.165, 1.54) is 0 Å². The van der Waals surface area contributed by atoms with Crippen LogP contribution in [0.15, 0.2) is 42.6 Å². The third-order valence-electron chi connectivity index (χ3n) is 4.83. The molecule has 0 bridgehead atoms. The molecule has 0 spiro atoms. The Kier molecular flexibility index (Phi) is 8.77. The number of carbonyl (C=O) groups is 2. The summed E-state index contributed by atoms with van der Waals surface area (Å²) in [6.45, 7) is 8.04. The van der Waals surface area contributed by atoms with Crippen molar-refractivity contribution in [3.63, 3.8) is 0 Å². The number of halogens is 1. The molecule has 0 N–H and O–H groups in total. The Balaban J connectivity index is 2.17. The lowest BCUT2D eigenvalue weighted by molar-refractivity contribution is -0.132. The zero-order valence-electron chi connectivity index (χ0n) is 17.9. The van der Waals surface area contributed by atoms with Gasteiger partial charge in [-0.3, -0.25) is 9.59 Å². The molecule has 0 saturated carbocycles. The van der Waals surface area contributed by atoms with Crippen molar-refractivity contribution in [1.29, 1.82) is 0 Å². The Morgan fingerprint density at radius 2 is 1.79 bits per heavy atom. The summed E-state index contributed by atoms with van der Waals surface area (Å²) in [5, 5.41) is 0.585. The van der Waals surface area contributed by atoms with E-state index in [1.807, 2.05) is 48.7 Å². The number of carbonyl (C=O) groups excluding carboxylic acids is 2. The molecule has 0 aliphatic carbocycles. The van der Waals surface area contributed by atoms with Crippen LogP contribution in [0.5, 0.6) is 0 Å². The third kappa shape index (κ3) is 6.93. The molecular weight excluding hydrogens is 386 g/mol. The van der Waals surface area contributed by atoms with Crippen LogP contribution in [0.3, 0.4) is 0 Å². The second kappa shape index (κ2) is 11.1. The van der Waals surface area contributed by atoms with E-state index in [0.717, 1.165) is 18.5 Å². The molecule has 2 rings (SSSR count). The maximum atomic E-state index is 13.2. The minimum atomic E-state index is -0.141. The van der Waals surface area contributed by atoms with Crippen molar-refractivity contribution in [3.05, 3.63) is 58.9 Å². The smallest absolute Gasteiger partial charge is 0.254 e. The van der Waals surface area contributed by atoms with Crippen molar-refractivity contribution in [2.75, 3.05) is 19.6 Å². The Morgan fingerprint density at radius 1 is 1.10 bits per heavy atom. The Labute approximate surface area is 179 Å². The van der Waals surface area contributed by atoms with Crippen LogP contribution in [-0.4, -0.2) is 45.8 Å². The molecule has 0 aliphatic rings. The fourth-order valence-electron chi connectivity index (χ4n) is 3.20. The van der Waals surface area contributed by atoms with E-state index in [0.29, 0.717) is 30.2 Å². The average Bonchev–Trinajstić information content (AvgIpc) is 3.08. The SMILES string of the molecule is CCCCN(Cc1cccn1C)C(=O)CN(CC(C)C)C(=O)c1ccc(Cl)cc1. The normalized spacial score (nSPS) is 11.0. The molecule has 0 unspecified atom stereocenters. The summed E-state index contributed by atoms with van der Waals surface area (Å²) >= 11 is 5.95. The van der Waals surface area contributed by atoms with Crippen LogP contribution in [0.25, 0.3) is 0 Å². The predicted octanol–water partition coefficient (Wildman–Crippen LogP) is 4.61. The molecule has 6 heteroatoms. The lowest BCUT2D eigenvalue weighted by atomic mass is 10.1. The van der Waals surface area contributed by atoms with Gasteiger partial charge in [-0.15, -0.1) is 0 Å². The second-order valence-electron chi connectivity index (χ2n) is 7.87. The molecule has 158 valence electrons. The van der Waals surface area contributed by atoms with Gasteiger partial charge in [0.15, 0.2) is 0 Å². The van der Waals surface area contributed by atoms with Crippen molar-refractivity contribution in [2.45, 2.75) is 40.2 Å². The summed E-state index contributed by atoms with van der Waals surface area (Å²) < 4.78 is 2.02. The molecule has 0 radical (unpaired) electrons. The molecule has 1 aromatic carbocycles. The summed E-state index contributed by atoms with van der Waals surface area (Å²) in [4.78, 5) is 29.7. The van der Waals surface area contributed by atoms with Crippen LogP contribution in [0.1, 0.15) is 49.7 Å². The van der Waals surface area contributed by atoms with Gasteiger partial charge < -0.3 is 14.4 Å². The maximum absolute atomic E-state index is 13.2. The van der Waals surface area contributed by atoms with Gasteiger partial charge in [-0.2, -0.15) is 0 Å². The van der Waals surface area contributed by atoms with Crippen molar-refractivity contribution in [3.8, 4) is 0 Å². The number of amides is 2. The van der Waals surface area contributed by atoms with E-state index in [1.54, 1.807) is 29.2 Å². The molecular formula is C23H32ClN3O2. The van der Waals surface area contributed by atoms with E-state index >= 15 is 0 Å². The summed E-state index contributed by atoms with van der Waals surface area (Å²) in [6, 6.07) is 10.8. The molecule has 29 heavy (non-hydrogen) atoms. The van der Waals surface area contributed by atoms with Gasteiger partial charge in [-0.05, 0) is 48.7 Å². The molecule has 0 saturated heterocycles. The Morgan fingerprint density at radius 3 is 2.34 bits per heavy atom. The van der Waals surface area contributed by atoms with Crippen molar-refractivity contribution >= 4 is 23.4 Å². The number of aryl methyl sites for hydroxylation is 1. The highest BCUT2D eigenvalue weighted by atomic mass is 35.5. The van der Waals surface area contributed by atoms with Crippen LogP contribution < -0.4 is 0 Å². The molecule has 2 aromatic rings. The highest BCUT2D eigenvalue weighted by Gasteiger charge is 2.23. The minimum Gasteiger partial charge on any atom is -0.353 e. The highest BCUT2D eigenvalue weighted by molar-refractivity contribution is 6.30. The van der Waals surface area contributed by atoms with Crippen LogP contribution in [0.2, 0.25) is 5.02 Å². The van der Waals surface area contributed by atoms with Gasteiger partial charge >= 0.3 is 0 Å². The first-order chi connectivity index (χ1) is 13.8. The number of hydrogen-bond donors (Lipinski definition) is 0. The van der Waals surface area contributed by atoms with Gasteiger partial charge in [0.05, 0.1) is 6.54 Å². The van der Waals surface area contributed by atoms with E-state index in [-0.39, 0.29) is 24.3 Å². The lowest BCUT2D eigenvalue weighted by Crippen LogP contribution is -2.44. The van der Waals surface area contributed by atoms with Crippen molar-refractivity contribution in [2.24, 2.45) is 13.0 Å². The topological polar surface area (TPSA) is 45.6 Å². The fourth-order valence-corrected chi connectivity index (χ4v) is 3.32. The van der Waals surface area contributed by atoms with E-state index in [2.05, 4.69) is 6.92 Å². The lowest BCUT2D eigenvalue weighted by Gasteiger charge is -2.29. The number of aromatic nitrogens is 1. The number of hydrogen-bond acceptors (Lipinski definition) is 2. The van der Waals surface area contributed by atoms with E-state index in [4.69, 9.17) is 11.6 Å². The first-order valence-electron chi connectivity index (χ1n) is 10.2. The Hall–Kier alpha value is -2.27. The van der Waals surface area contributed by atoms with Crippen molar-refractivity contribution in [1.82, 2.24) is 14.4 Å².